The summed E-state index contributed by atoms with van der Waals surface area (Å²) >= 11 is 0. The van der Waals surface area contributed by atoms with Crippen LogP contribution in [0.5, 0.6) is 0 Å². The van der Waals surface area contributed by atoms with Crippen molar-refractivity contribution in [3.05, 3.63) is 108 Å². The average molecular weight is 515 g/mol. The topological polar surface area (TPSA) is 137 Å². The number of aromatic nitrogens is 5. The molecule has 0 aliphatic carbocycles. The number of nitrogens with one attached hydrogen (secondary N) is 2. The molecule has 0 aliphatic heterocycles. The predicted molar refractivity (Wildman–Crippen MR) is 142 cm³/mol. The van der Waals surface area contributed by atoms with E-state index in [2.05, 4.69) is 30.9 Å². The van der Waals surface area contributed by atoms with Gasteiger partial charge in [0.15, 0.2) is 5.82 Å². The number of tetrazole rings is 1. The van der Waals surface area contributed by atoms with Crippen molar-refractivity contribution >= 4 is 18.4 Å². The van der Waals surface area contributed by atoms with Gasteiger partial charge in [0, 0.05) is 17.3 Å². The van der Waals surface area contributed by atoms with Crippen LogP contribution in [0.15, 0.2) is 91.1 Å². The molecule has 37 heavy (non-hydrogen) atoms. The zero-order chi connectivity index (χ0) is 25.7. The van der Waals surface area contributed by atoms with Crippen LogP contribution in [0.1, 0.15) is 29.5 Å². The maximum absolute atomic E-state index is 12.5. The molecule has 9 nitrogen and oxygen atoms in total. The molecule has 0 amide bonds. The second kappa shape index (κ2) is 11.1. The van der Waals surface area contributed by atoms with Gasteiger partial charge in [-0.05, 0) is 47.4 Å². The molecule has 3 aromatic carbocycles. The SMILES string of the molecule is O=P(O)(O)C(CCc1cc2ccccc2cn1)N[C@@H](Cc1ccc(-c2ccccc2)cc1)c1nn[nH]n1. The van der Waals surface area contributed by atoms with Gasteiger partial charge in [0.05, 0.1) is 6.04 Å². The van der Waals surface area contributed by atoms with E-state index in [4.69, 9.17) is 0 Å². The molecule has 5 aromatic rings. The predicted octanol–water partition coefficient (Wildman–Crippen LogP) is 4.42. The Kier molecular flexibility index (Phi) is 7.48. The van der Waals surface area contributed by atoms with Crippen LogP contribution in [0.2, 0.25) is 0 Å². The van der Waals surface area contributed by atoms with Crippen molar-refractivity contribution in [3.8, 4) is 11.1 Å². The van der Waals surface area contributed by atoms with Gasteiger partial charge in [-0.25, -0.2) is 0 Å². The second-order valence-corrected chi connectivity index (χ2v) is 10.7. The van der Waals surface area contributed by atoms with E-state index in [1.54, 1.807) is 6.20 Å². The van der Waals surface area contributed by atoms with E-state index in [-0.39, 0.29) is 6.42 Å². The number of fused-ring (bicyclic) bond motifs is 1. The number of aryl methyl sites for hydroxylation is 1. The monoisotopic (exact) mass is 514 g/mol. The molecule has 0 saturated heterocycles. The minimum Gasteiger partial charge on any atom is -0.323 e. The van der Waals surface area contributed by atoms with Crippen molar-refractivity contribution in [2.24, 2.45) is 0 Å². The highest BCUT2D eigenvalue weighted by atomic mass is 31.2. The van der Waals surface area contributed by atoms with Gasteiger partial charge in [-0.2, -0.15) is 5.21 Å². The Morgan fingerprint density at radius 1 is 0.892 bits per heavy atom. The third kappa shape index (κ3) is 6.34. The van der Waals surface area contributed by atoms with Gasteiger partial charge in [-0.3, -0.25) is 14.9 Å². The second-order valence-electron chi connectivity index (χ2n) is 8.92. The zero-order valence-corrected chi connectivity index (χ0v) is 20.9. The minimum atomic E-state index is -4.49. The molecule has 0 radical (unpaired) electrons. The van der Waals surface area contributed by atoms with Crippen molar-refractivity contribution in [1.82, 2.24) is 30.9 Å². The number of benzene rings is 3. The van der Waals surface area contributed by atoms with Gasteiger partial charge in [-0.15, -0.1) is 10.2 Å². The summed E-state index contributed by atoms with van der Waals surface area (Å²) in [7, 11) is -4.49. The quantitative estimate of drug-likeness (QED) is 0.201. The molecule has 2 heterocycles. The lowest BCUT2D eigenvalue weighted by atomic mass is 10.0. The number of hydrogen-bond donors (Lipinski definition) is 4. The fourth-order valence-corrected chi connectivity index (χ4v) is 5.21. The van der Waals surface area contributed by atoms with Crippen LogP contribution < -0.4 is 5.32 Å². The van der Waals surface area contributed by atoms with Gasteiger partial charge >= 0.3 is 7.60 Å². The van der Waals surface area contributed by atoms with Gasteiger partial charge < -0.3 is 9.79 Å². The van der Waals surface area contributed by atoms with Crippen molar-refractivity contribution in [1.29, 1.82) is 0 Å². The van der Waals surface area contributed by atoms with E-state index < -0.39 is 19.4 Å². The summed E-state index contributed by atoms with van der Waals surface area (Å²) in [5, 5.41) is 19.5. The van der Waals surface area contributed by atoms with Crippen molar-refractivity contribution in [2.45, 2.75) is 31.1 Å². The minimum absolute atomic E-state index is 0.191. The number of aromatic amines is 1. The summed E-state index contributed by atoms with van der Waals surface area (Å²) in [4.78, 5) is 24.8. The van der Waals surface area contributed by atoms with Crippen LogP contribution in [0, 0.1) is 0 Å². The van der Waals surface area contributed by atoms with Crippen LogP contribution in [-0.4, -0.2) is 41.2 Å². The van der Waals surface area contributed by atoms with E-state index in [1.807, 2.05) is 84.9 Å². The maximum Gasteiger partial charge on any atom is 0.342 e. The Labute approximate surface area is 214 Å². The number of nitrogens with zero attached hydrogens (tertiary/aromatic N) is 4. The van der Waals surface area contributed by atoms with Gasteiger partial charge in [-0.1, -0.05) is 84.1 Å². The van der Waals surface area contributed by atoms with Crippen LogP contribution in [-0.2, 0) is 17.4 Å². The van der Waals surface area contributed by atoms with Gasteiger partial charge in [0.2, 0.25) is 0 Å². The zero-order valence-electron chi connectivity index (χ0n) is 20.0. The van der Waals surface area contributed by atoms with E-state index in [1.165, 1.54) is 0 Å². The summed E-state index contributed by atoms with van der Waals surface area (Å²) in [6.07, 6.45) is 2.81. The van der Waals surface area contributed by atoms with Crippen LogP contribution >= 0.6 is 7.60 Å². The van der Waals surface area contributed by atoms with Gasteiger partial charge in [0.1, 0.15) is 5.78 Å². The molecule has 0 fully saturated rings. The van der Waals surface area contributed by atoms with Crippen molar-refractivity contribution in [2.75, 3.05) is 0 Å². The van der Waals surface area contributed by atoms with Crippen LogP contribution in [0.25, 0.3) is 21.9 Å². The molecule has 0 spiro atoms. The third-order valence-corrected chi connectivity index (χ3v) is 7.55. The highest BCUT2D eigenvalue weighted by Gasteiger charge is 2.32. The summed E-state index contributed by atoms with van der Waals surface area (Å²) in [5.41, 5.74) is 3.95. The standard InChI is InChI=1S/C27H27N6O3P/c34-37(35,36)26(15-14-24-17-22-8-4-5-9-23(22)18-28-24)29-25(27-30-32-33-31-27)16-19-10-12-21(13-11-19)20-6-2-1-3-7-20/h1-13,17-18,25-26,29H,14-16H2,(H2,34,35,36)(H,30,31,32,33)/t25-,26?/m0/s1. The summed E-state index contributed by atoms with van der Waals surface area (Å²) < 4.78 is 12.5. The summed E-state index contributed by atoms with van der Waals surface area (Å²) in [5.74, 6) is -0.762. The molecule has 4 N–H and O–H groups in total. The first-order chi connectivity index (χ1) is 18.0. The first kappa shape index (κ1) is 24.9. The molecule has 0 bridgehead atoms. The Hall–Kier alpha value is -3.75. The highest BCUT2D eigenvalue weighted by molar-refractivity contribution is 7.52. The highest BCUT2D eigenvalue weighted by Crippen LogP contribution is 2.43. The molecule has 1 unspecified atom stereocenters. The van der Waals surface area contributed by atoms with Crippen LogP contribution in [0.3, 0.4) is 0 Å². The Morgan fingerprint density at radius 2 is 1.59 bits per heavy atom. The van der Waals surface area contributed by atoms with E-state index >= 15 is 0 Å². The first-order valence-corrected chi connectivity index (χ1v) is 13.7. The van der Waals surface area contributed by atoms with Crippen LogP contribution in [0.4, 0.5) is 0 Å². The molecule has 2 atom stereocenters. The Morgan fingerprint density at radius 3 is 2.30 bits per heavy atom. The number of rotatable bonds is 10. The normalized spacial score (nSPS) is 13.5. The maximum atomic E-state index is 12.5. The largest absolute Gasteiger partial charge is 0.342 e. The van der Waals surface area contributed by atoms with E-state index in [0.29, 0.717) is 18.7 Å². The lowest BCUT2D eigenvalue weighted by Gasteiger charge is -2.25. The Bertz CT molecular complexity index is 1490. The fraction of sp³-hybridized carbons (Fsp3) is 0.185. The van der Waals surface area contributed by atoms with Crippen molar-refractivity contribution in [3.63, 3.8) is 0 Å². The molecule has 10 heteroatoms. The molecule has 188 valence electrons. The lowest BCUT2D eigenvalue weighted by molar-refractivity contribution is 0.328. The average Bonchev–Trinajstić information content (AvgIpc) is 3.45. The Balaban J connectivity index is 1.33. The third-order valence-electron chi connectivity index (χ3n) is 6.34. The van der Waals surface area contributed by atoms with E-state index in [9.17, 15) is 14.4 Å². The number of H-pyrrole nitrogens is 1. The number of hydrogen-bond acceptors (Lipinski definition) is 6. The fourth-order valence-electron chi connectivity index (χ4n) is 4.37. The molecular formula is C27H27N6O3P. The molecule has 0 saturated carbocycles. The number of pyridine rings is 1. The van der Waals surface area contributed by atoms with Crippen molar-refractivity contribution < 1.29 is 14.4 Å². The van der Waals surface area contributed by atoms with E-state index in [0.717, 1.165) is 33.2 Å². The molecule has 2 aromatic heterocycles. The molecule has 0 aliphatic rings. The molecular weight excluding hydrogens is 487 g/mol. The summed E-state index contributed by atoms with van der Waals surface area (Å²) in [6.45, 7) is 0. The lowest BCUT2D eigenvalue weighted by Crippen LogP contribution is -2.35. The molecule has 5 rings (SSSR count). The van der Waals surface area contributed by atoms with Gasteiger partial charge in [0.25, 0.3) is 0 Å². The smallest absolute Gasteiger partial charge is 0.323 e. The summed E-state index contributed by atoms with van der Waals surface area (Å²) in [6, 6.07) is 27.4. The first-order valence-electron chi connectivity index (χ1n) is 12.0.